The van der Waals surface area contributed by atoms with E-state index in [-0.39, 0.29) is 0 Å². The van der Waals surface area contributed by atoms with Crippen molar-refractivity contribution in [3.05, 3.63) is 144 Å². The minimum atomic E-state index is 0.946. The molecule has 0 atom stereocenters. The highest BCUT2D eigenvalue weighted by atomic mass is 14.1. The molecule has 32 heavy (non-hydrogen) atoms. The van der Waals surface area contributed by atoms with E-state index in [1.165, 1.54) is 50.1 Å². The molecule has 0 aliphatic carbocycles. The van der Waals surface area contributed by atoms with E-state index < -0.39 is 0 Å². The molecule has 0 spiro atoms. The molecule has 0 heteroatoms. The second kappa shape index (κ2) is 9.08. The van der Waals surface area contributed by atoms with Crippen molar-refractivity contribution in [2.75, 3.05) is 0 Å². The zero-order valence-electron chi connectivity index (χ0n) is 18.3. The maximum atomic E-state index is 2.24. The van der Waals surface area contributed by atoms with Gasteiger partial charge in [0.2, 0.25) is 0 Å². The van der Waals surface area contributed by atoms with Crippen LogP contribution in [-0.2, 0) is 6.42 Å². The Kier molecular flexibility index (Phi) is 5.68. The Morgan fingerprint density at radius 3 is 1.06 bits per heavy atom. The second-order valence-electron chi connectivity index (χ2n) is 8.38. The molecule has 0 aliphatic rings. The third kappa shape index (κ3) is 4.55. The van der Waals surface area contributed by atoms with Gasteiger partial charge in [0.1, 0.15) is 0 Å². The van der Waals surface area contributed by atoms with Crippen LogP contribution in [0, 0.1) is 6.92 Å². The molecule has 154 valence electrons. The van der Waals surface area contributed by atoms with Crippen LogP contribution in [0.1, 0.15) is 16.7 Å². The van der Waals surface area contributed by atoms with Gasteiger partial charge in [-0.3, -0.25) is 0 Å². The summed E-state index contributed by atoms with van der Waals surface area (Å²) in [6.07, 6.45) is 0.946. The zero-order chi connectivity index (χ0) is 21.8. The minimum Gasteiger partial charge on any atom is -0.0622 e. The van der Waals surface area contributed by atoms with Crippen molar-refractivity contribution >= 4 is 0 Å². The fourth-order valence-corrected chi connectivity index (χ4v) is 4.10. The SMILES string of the molecule is Cc1ccc(-c2ccc(Cc3ccc(-c4ccc(-c5ccccc5)cc4)cc3)cc2)cc1. The molecule has 0 unspecified atom stereocenters. The van der Waals surface area contributed by atoms with Crippen LogP contribution in [0.5, 0.6) is 0 Å². The second-order valence-corrected chi connectivity index (χ2v) is 8.38. The fraction of sp³-hybridized carbons (Fsp3) is 0.0625. The Hall–Kier alpha value is -3.90. The van der Waals surface area contributed by atoms with Crippen molar-refractivity contribution in [3.63, 3.8) is 0 Å². The van der Waals surface area contributed by atoms with Gasteiger partial charge in [-0.25, -0.2) is 0 Å². The first-order valence-electron chi connectivity index (χ1n) is 11.2. The molecule has 0 saturated heterocycles. The Labute approximate surface area is 190 Å². The molecule has 5 rings (SSSR count). The summed E-state index contributed by atoms with van der Waals surface area (Å²) in [5.41, 5.74) is 11.5. The van der Waals surface area contributed by atoms with Crippen LogP contribution in [0.25, 0.3) is 33.4 Å². The number of benzene rings is 5. The third-order valence-corrected chi connectivity index (χ3v) is 6.03. The molecule has 0 heterocycles. The van der Waals surface area contributed by atoms with Crippen LogP contribution >= 0.6 is 0 Å². The van der Waals surface area contributed by atoms with Gasteiger partial charge in [0.05, 0.1) is 0 Å². The molecule has 0 radical (unpaired) electrons. The van der Waals surface area contributed by atoms with Crippen molar-refractivity contribution in [1.82, 2.24) is 0 Å². The molecule has 0 fully saturated rings. The lowest BCUT2D eigenvalue weighted by molar-refractivity contribution is 1.19. The standard InChI is InChI=1S/C32H26/c1-24-7-13-28(14-8-24)29-15-9-25(10-16-29)23-26-11-17-30(18-12-26)32-21-19-31(20-22-32)27-5-3-2-4-6-27/h2-22H,23H2,1H3. The van der Waals surface area contributed by atoms with Gasteiger partial charge in [-0.2, -0.15) is 0 Å². The van der Waals surface area contributed by atoms with E-state index in [1.54, 1.807) is 0 Å². The predicted octanol–water partition coefficient (Wildman–Crippen LogP) is 8.59. The largest absolute Gasteiger partial charge is 0.0622 e. The summed E-state index contributed by atoms with van der Waals surface area (Å²) in [6.45, 7) is 2.12. The summed E-state index contributed by atoms with van der Waals surface area (Å²) in [7, 11) is 0. The summed E-state index contributed by atoms with van der Waals surface area (Å²) in [5, 5.41) is 0. The normalized spacial score (nSPS) is 10.8. The van der Waals surface area contributed by atoms with Gasteiger partial charge < -0.3 is 0 Å². The van der Waals surface area contributed by atoms with E-state index in [1.807, 2.05) is 0 Å². The van der Waals surface area contributed by atoms with Crippen LogP contribution in [-0.4, -0.2) is 0 Å². The van der Waals surface area contributed by atoms with Crippen LogP contribution in [0.15, 0.2) is 127 Å². The highest BCUT2D eigenvalue weighted by molar-refractivity contribution is 5.70. The lowest BCUT2D eigenvalue weighted by atomic mass is 9.97. The van der Waals surface area contributed by atoms with Gasteiger partial charge in [0, 0.05) is 0 Å². The van der Waals surface area contributed by atoms with E-state index in [4.69, 9.17) is 0 Å². The molecule has 0 aliphatic heterocycles. The molecule has 0 bridgehead atoms. The Morgan fingerprint density at radius 2 is 0.656 bits per heavy atom. The van der Waals surface area contributed by atoms with Gasteiger partial charge in [0.25, 0.3) is 0 Å². The van der Waals surface area contributed by atoms with Crippen LogP contribution < -0.4 is 0 Å². The fourth-order valence-electron chi connectivity index (χ4n) is 4.10. The average molecular weight is 411 g/mol. The molecule has 0 nitrogen and oxygen atoms in total. The van der Waals surface area contributed by atoms with Crippen molar-refractivity contribution in [3.8, 4) is 33.4 Å². The third-order valence-electron chi connectivity index (χ3n) is 6.03. The van der Waals surface area contributed by atoms with Crippen LogP contribution in [0.4, 0.5) is 0 Å². The van der Waals surface area contributed by atoms with Gasteiger partial charge >= 0.3 is 0 Å². The molecule has 0 amide bonds. The molecular formula is C32H26. The number of rotatable bonds is 5. The molecule has 5 aromatic carbocycles. The summed E-state index contributed by atoms with van der Waals surface area (Å²) < 4.78 is 0. The maximum absolute atomic E-state index is 2.24. The van der Waals surface area contributed by atoms with Crippen molar-refractivity contribution in [2.24, 2.45) is 0 Å². The lowest BCUT2D eigenvalue weighted by Gasteiger charge is -2.08. The Bertz CT molecular complexity index is 1280. The van der Waals surface area contributed by atoms with E-state index in [0.717, 1.165) is 6.42 Å². The summed E-state index contributed by atoms with van der Waals surface area (Å²) in [5.74, 6) is 0. The van der Waals surface area contributed by atoms with E-state index >= 15 is 0 Å². The van der Waals surface area contributed by atoms with E-state index in [9.17, 15) is 0 Å². The predicted molar refractivity (Wildman–Crippen MR) is 137 cm³/mol. The maximum Gasteiger partial charge on any atom is -0.00258 e. The summed E-state index contributed by atoms with van der Waals surface area (Å²) >= 11 is 0. The molecule has 0 N–H and O–H groups in total. The van der Waals surface area contributed by atoms with E-state index in [0.29, 0.717) is 0 Å². The number of hydrogen-bond donors (Lipinski definition) is 0. The topological polar surface area (TPSA) is 0 Å². The van der Waals surface area contributed by atoms with Crippen LogP contribution in [0.2, 0.25) is 0 Å². The van der Waals surface area contributed by atoms with Gasteiger partial charge in [-0.15, -0.1) is 0 Å². The number of aryl methyl sites for hydroxylation is 1. The molecule has 0 aromatic heterocycles. The zero-order valence-corrected chi connectivity index (χ0v) is 18.3. The quantitative estimate of drug-likeness (QED) is 0.272. The van der Waals surface area contributed by atoms with Gasteiger partial charge in [0.15, 0.2) is 0 Å². The monoisotopic (exact) mass is 410 g/mol. The summed E-state index contributed by atoms with van der Waals surface area (Å²) in [6, 6.07) is 45.9. The smallest absolute Gasteiger partial charge is 0.00258 e. The minimum absolute atomic E-state index is 0.946. The lowest BCUT2D eigenvalue weighted by Crippen LogP contribution is -1.89. The summed E-state index contributed by atoms with van der Waals surface area (Å²) in [4.78, 5) is 0. The first-order valence-corrected chi connectivity index (χ1v) is 11.2. The molecule has 5 aromatic rings. The first kappa shape index (κ1) is 20.0. The van der Waals surface area contributed by atoms with Crippen molar-refractivity contribution < 1.29 is 0 Å². The van der Waals surface area contributed by atoms with E-state index in [2.05, 4.69) is 134 Å². The Morgan fingerprint density at radius 1 is 0.344 bits per heavy atom. The van der Waals surface area contributed by atoms with Gasteiger partial charge in [-0.1, -0.05) is 133 Å². The van der Waals surface area contributed by atoms with Crippen molar-refractivity contribution in [1.29, 1.82) is 0 Å². The number of hydrogen-bond acceptors (Lipinski definition) is 0. The highest BCUT2D eigenvalue weighted by Crippen LogP contribution is 2.26. The van der Waals surface area contributed by atoms with Crippen LogP contribution in [0.3, 0.4) is 0 Å². The Balaban J connectivity index is 1.27. The highest BCUT2D eigenvalue weighted by Gasteiger charge is 2.03. The molecular weight excluding hydrogens is 384 g/mol. The van der Waals surface area contributed by atoms with Gasteiger partial charge in [-0.05, 0) is 57.9 Å². The molecule has 0 saturated carbocycles. The average Bonchev–Trinajstić information content (AvgIpc) is 2.86. The first-order chi connectivity index (χ1) is 15.7. The van der Waals surface area contributed by atoms with Crippen molar-refractivity contribution in [2.45, 2.75) is 13.3 Å².